The molecule has 3 unspecified atom stereocenters. The molecule has 1 saturated heterocycles. The SMILES string of the molecule is CC(C)C(NC(=O)C(Cc1ccccc1)NC(=O)C1CCCN1C(=O)CN)C(=O)O. The van der Waals surface area contributed by atoms with Crippen molar-refractivity contribution >= 4 is 23.7 Å². The molecule has 1 heterocycles. The van der Waals surface area contributed by atoms with Crippen LogP contribution in [-0.4, -0.2) is 64.9 Å². The van der Waals surface area contributed by atoms with Crippen LogP contribution < -0.4 is 16.4 Å². The summed E-state index contributed by atoms with van der Waals surface area (Å²) in [5.41, 5.74) is 6.25. The second-order valence-electron chi connectivity index (χ2n) is 7.77. The smallest absolute Gasteiger partial charge is 0.326 e. The molecule has 3 atom stereocenters. The third kappa shape index (κ3) is 6.03. The van der Waals surface area contributed by atoms with Gasteiger partial charge in [0.1, 0.15) is 18.1 Å². The van der Waals surface area contributed by atoms with Crippen LogP contribution in [0.4, 0.5) is 0 Å². The van der Waals surface area contributed by atoms with Crippen molar-refractivity contribution in [1.82, 2.24) is 15.5 Å². The number of aliphatic carboxylic acids is 1. The van der Waals surface area contributed by atoms with Gasteiger partial charge in [-0.15, -0.1) is 0 Å². The third-order valence-electron chi connectivity index (χ3n) is 5.20. The quantitative estimate of drug-likeness (QED) is 0.441. The first-order valence-corrected chi connectivity index (χ1v) is 10.1. The van der Waals surface area contributed by atoms with Gasteiger partial charge in [0.2, 0.25) is 17.7 Å². The zero-order valence-corrected chi connectivity index (χ0v) is 17.3. The van der Waals surface area contributed by atoms with Crippen molar-refractivity contribution in [3.63, 3.8) is 0 Å². The van der Waals surface area contributed by atoms with E-state index in [0.29, 0.717) is 19.4 Å². The maximum absolute atomic E-state index is 12.9. The molecule has 164 valence electrons. The number of benzene rings is 1. The van der Waals surface area contributed by atoms with Gasteiger partial charge in [-0.05, 0) is 24.3 Å². The number of carboxylic acids is 1. The molecule has 1 aliphatic rings. The lowest BCUT2D eigenvalue weighted by molar-refractivity contribution is -0.144. The molecule has 0 aliphatic carbocycles. The van der Waals surface area contributed by atoms with E-state index in [1.165, 1.54) is 4.90 Å². The number of rotatable bonds is 9. The highest BCUT2D eigenvalue weighted by Crippen LogP contribution is 2.18. The van der Waals surface area contributed by atoms with Crippen LogP contribution in [0.2, 0.25) is 0 Å². The standard InChI is InChI=1S/C21H30N4O5/c1-13(2)18(21(29)30)24-19(27)15(11-14-7-4-3-5-8-14)23-20(28)16-9-6-10-25(16)17(26)12-22/h3-5,7-8,13,15-16,18H,6,9-12,22H2,1-2H3,(H,23,28)(H,24,27)(H,29,30). The van der Waals surface area contributed by atoms with E-state index in [9.17, 15) is 24.3 Å². The van der Waals surface area contributed by atoms with E-state index in [2.05, 4.69) is 10.6 Å². The molecule has 5 N–H and O–H groups in total. The molecular formula is C21H30N4O5. The fourth-order valence-electron chi connectivity index (χ4n) is 3.55. The Morgan fingerprint density at radius 1 is 1.17 bits per heavy atom. The Hall–Kier alpha value is -2.94. The van der Waals surface area contributed by atoms with Crippen LogP contribution >= 0.6 is 0 Å². The molecule has 0 bridgehead atoms. The second-order valence-corrected chi connectivity index (χ2v) is 7.77. The summed E-state index contributed by atoms with van der Waals surface area (Å²) in [6.45, 7) is 3.64. The van der Waals surface area contributed by atoms with Gasteiger partial charge in [-0.2, -0.15) is 0 Å². The number of carboxylic acid groups (broad SMARTS) is 1. The Labute approximate surface area is 176 Å². The Morgan fingerprint density at radius 3 is 2.40 bits per heavy atom. The van der Waals surface area contributed by atoms with Gasteiger partial charge < -0.3 is 26.4 Å². The number of hydrogen-bond donors (Lipinski definition) is 4. The first kappa shape index (κ1) is 23.3. The predicted octanol–water partition coefficient (Wildman–Crippen LogP) is -0.111. The molecule has 0 radical (unpaired) electrons. The third-order valence-corrected chi connectivity index (χ3v) is 5.20. The minimum Gasteiger partial charge on any atom is -0.480 e. The molecule has 0 aromatic heterocycles. The number of nitrogens with two attached hydrogens (primary N) is 1. The molecule has 0 saturated carbocycles. The summed E-state index contributed by atoms with van der Waals surface area (Å²) < 4.78 is 0. The number of carbonyl (C=O) groups excluding carboxylic acids is 3. The summed E-state index contributed by atoms with van der Waals surface area (Å²) in [6, 6.07) is 6.38. The Bertz CT molecular complexity index is 768. The second kappa shape index (κ2) is 10.7. The largest absolute Gasteiger partial charge is 0.480 e. The number of carbonyl (C=O) groups is 4. The van der Waals surface area contributed by atoms with Crippen LogP contribution in [0.3, 0.4) is 0 Å². The molecule has 3 amide bonds. The van der Waals surface area contributed by atoms with Crippen molar-refractivity contribution in [2.45, 2.75) is 51.2 Å². The van der Waals surface area contributed by atoms with Crippen molar-refractivity contribution in [2.24, 2.45) is 11.7 Å². The maximum Gasteiger partial charge on any atom is 0.326 e. The van der Waals surface area contributed by atoms with Crippen LogP contribution in [0.15, 0.2) is 30.3 Å². The van der Waals surface area contributed by atoms with E-state index >= 15 is 0 Å². The highest BCUT2D eigenvalue weighted by Gasteiger charge is 2.36. The van der Waals surface area contributed by atoms with Crippen molar-refractivity contribution < 1.29 is 24.3 Å². The van der Waals surface area contributed by atoms with Crippen LogP contribution in [0, 0.1) is 5.92 Å². The van der Waals surface area contributed by atoms with E-state index in [-0.39, 0.29) is 24.8 Å². The average Bonchev–Trinajstić information content (AvgIpc) is 3.21. The number of amides is 3. The number of nitrogens with zero attached hydrogens (tertiary/aromatic N) is 1. The zero-order valence-electron chi connectivity index (χ0n) is 17.3. The minimum atomic E-state index is -1.14. The summed E-state index contributed by atoms with van der Waals surface area (Å²) in [6.07, 6.45) is 1.36. The fraction of sp³-hybridized carbons (Fsp3) is 0.524. The summed E-state index contributed by atoms with van der Waals surface area (Å²) in [5, 5.41) is 14.6. The predicted molar refractivity (Wildman–Crippen MR) is 110 cm³/mol. The minimum absolute atomic E-state index is 0.188. The lowest BCUT2D eigenvalue weighted by atomic mass is 10.0. The van der Waals surface area contributed by atoms with Gasteiger partial charge in [-0.25, -0.2) is 4.79 Å². The van der Waals surface area contributed by atoms with Crippen molar-refractivity contribution in [1.29, 1.82) is 0 Å². The van der Waals surface area contributed by atoms with E-state index in [1.54, 1.807) is 13.8 Å². The monoisotopic (exact) mass is 418 g/mol. The normalized spacial score (nSPS) is 18.0. The van der Waals surface area contributed by atoms with Crippen molar-refractivity contribution in [2.75, 3.05) is 13.1 Å². The topological polar surface area (TPSA) is 142 Å². The fourth-order valence-corrected chi connectivity index (χ4v) is 3.55. The van der Waals surface area contributed by atoms with Gasteiger partial charge in [0.25, 0.3) is 0 Å². The average molecular weight is 418 g/mol. The van der Waals surface area contributed by atoms with Gasteiger partial charge in [0, 0.05) is 13.0 Å². The van der Waals surface area contributed by atoms with Crippen LogP contribution in [-0.2, 0) is 25.6 Å². The lowest BCUT2D eigenvalue weighted by Crippen LogP contribution is -2.57. The number of hydrogen-bond acceptors (Lipinski definition) is 5. The molecule has 9 nitrogen and oxygen atoms in total. The van der Waals surface area contributed by atoms with Gasteiger partial charge in [0.15, 0.2) is 0 Å². The summed E-state index contributed by atoms with van der Waals surface area (Å²) in [5.74, 6) is -2.81. The molecule has 2 rings (SSSR count). The molecule has 1 fully saturated rings. The Balaban J connectivity index is 2.18. The molecule has 0 spiro atoms. The molecular weight excluding hydrogens is 388 g/mol. The van der Waals surface area contributed by atoms with Gasteiger partial charge in [0.05, 0.1) is 6.54 Å². The number of likely N-dealkylation sites (tertiary alicyclic amines) is 1. The molecule has 9 heteroatoms. The first-order valence-electron chi connectivity index (χ1n) is 10.1. The maximum atomic E-state index is 12.9. The molecule has 1 aliphatic heterocycles. The van der Waals surface area contributed by atoms with Crippen molar-refractivity contribution in [3.8, 4) is 0 Å². The van der Waals surface area contributed by atoms with E-state index in [4.69, 9.17) is 5.73 Å². The highest BCUT2D eigenvalue weighted by molar-refractivity contribution is 5.94. The lowest BCUT2D eigenvalue weighted by Gasteiger charge is -2.27. The molecule has 1 aromatic carbocycles. The van der Waals surface area contributed by atoms with E-state index in [0.717, 1.165) is 5.56 Å². The zero-order chi connectivity index (χ0) is 22.3. The Kier molecular flexibility index (Phi) is 8.35. The highest BCUT2D eigenvalue weighted by atomic mass is 16.4. The van der Waals surface area contributed by atoms with Gasteiger partial charge >= 0.3 is 5.97 Å². The summed E-state index contributed by atoms with van der Waals surface area (Å²) in [4.78, 5) is 50.7. The summed E-state index contributed by atoms with van der Waals surface area (Å²) in [7, 11) is 0. The summed E-state index contributed by atoms with van der Waals surface area (Å²) >= 11 is 0. The Morgan fingerprint density at radius 2 is 1.83 bits per heavy atom. The van der Waals surface area contributed by atoms with Crippen LogP contribution in [0.5, 0.6) is 0 Å². The number of nitrogens with one attached hydrogen (secondary N) is 2. The van der Waals surface area contributed by atoms with E-state index < -0.39 is 35.9 Å². The molecule has 30 heavy (non-hydrogen) atoms. The van der Waals surface area contributed by atoms with Crippen molar-refractivity contribution in [3.05, 3.63) is 35.9 Å². The van der Waals surface area contributed by atoms with Gasteiger partial charge in [-0.3, -0.25) is 14.4 Å². The van der Waals surface area contributed by atoms with Crippen LogP contribution in [0.25, 0.3) is 0 Å². The first-order chi connectivity index (χ1) is 14.2. The van der Waals surface area contributed by atoms with E-state index in [1.807, 2.05) is 30.3 Å². The molecule has 1 aromatic rings. The van der Waals surface area contributed by atoms with Crippen LogP contribution in [0.1, 0.15) is 32.3 Å². The van der Waals surface area contributed by atoms with Gasteiger partial charge in [-0.1, -0.05) is 44.2 Å².